The molecule has 284 valence electrons. The fraction of sp³-hybridized carbons (Fsp3) is 0.525. The van der Waals surface area contributed by atoms with Crippen molar-refractivity contribution in [2.24, 2.45) is 11.8 Å². The molecule has 3 aromatic rings. The van der Waals surface area contributed by atoms with Gasteiger partial charge < -0.3 is 19.9 Å². The Morgan fingerprint density at radius 3 is 2.40 bits per heavy atom. The summed E-state index contributed by atoms with van der Waals surface area (Å²) in [5.41, 5.74) is 2.48. The molecule has 0 aliphatic carbocycles. The maximum Gasteiger partial charge on any atom is 0.410 e. The normalized spacial score (nSPS) is 23.1. The zero-order chi connectivity index (χ0) is 38.5. The van der Waals surface area contributed by atoms with E-state index in [1.54, 1.807) is 29.2 Å². The predicted molar refractivity (Wildman–Crippen MR) is 206 cm³/mol. The number of carbonyl (C=O) groups is 2. The van der Waals surface area contributed by atoms with Crippen LogP contribution in [0.3, 0.4) is 0 Å². The number of sulfonamides is 1. The number of hydrogen-bond acceptors (Lipinski definition) is 10. The maximum atomic E-state index is 13.8. The smallest absolute Gasteiger partial charge is 0.410 e. The summed E-state index contributed by atoms with van der Waals surface area (Å²) in [4.78, 5) is 45.1. The molecule has 6 rings (SSSR count). The molecule has 12 nitrogen and oxygen atoms in total. The van der Waals surface area contributed by atoms with Gasteiger partial charge in [0.2, 0.25) is 0 Å². The van der Waals surface area contributed by atoms with Gasteiger partial charge >= 0.3 is 6.09 Å². The van der Waals surface area contributed by atoms with E-state index < -0.39 is 21.5 Å². The van der Waals surface area contributed by atoms with Crippen LogP contribution in [-0.2, 0) is 20.2 Å². The summed E-state index contributed by atoms with van der Waals surface area (Å²) in [5, 5.41) is 3.24. The van der Waals surface area contributed by atoms with Gasteiger partial charge in [0.05, 0.1) is 23.0 Å². The molecule has 0 radical (unpaired) electrons. The fourth-order valence-electron chi connectivity index (χ4n) is 7.39. The molecular formula is C40H53N7O5S. The molecule has 0 saturated carbocycles. The molecule has 1 saturated heterocycles. The first-order chi connectivity index (χ1) is 24.7. The summed E-state index contributed by atoms with van der Waals surface area (Å²) in [6, 6.07) is 13.8. The quantitative estimate of drug-likeness (QED) is 0.278. The standard InChI is InChI=1S/C40H53N7O5S/c1-25-22-31(30-13-10-12-29(41-30)26-18-20-46(21-19-26)37(49)52-39(5,6)7)42-33-14-11-15-34(44-33)53(50,51)45-36(48)28-16-17-32(38(2,3)4)43-35(28)47-24-27(25)23-40(47,8)9/h10-18,25,27,31H,19-24H2,1-9H3,(H,42,44)(H,45,48)/t25-,27-,31+/m0/s1. The van der Waals surface area contributed by atoms with Crippen LogP contribution in [0.4, 0.5) is 16.4 Å². The number of anilines is 2. The molecule has 3 aliphatic rings. The van der Waals surface area contributed by atoms with Crippen molar-refractivity contribution in [3.05, 3.63) is 77.3 Å². The van der Waals surface area contributed by atoms with Crippen molar-refractivity contribution in [3.63, 3.8) is 0 Å². The van der Waals surface area contributed by atoms with E-state index in [-0.39, 0.29) is 45.5 Å². The first-order valence-corrected chi connectivity index (χ1v) is 19.9. The number of fused-ring (bicyclic) bond motifs is 6. The molecule has 2 N–H and O–H groups in total. The first-order valence-electron chi connectivity index (χ1n) is 18.4. The van der Waals surface area contributed by atoms with Gasteiger partial charge in [-0.25, -0.2) is 19.5 Å². The number of aromatic nitrogens is 3. The lowest BCUT2D eigenvalue weighted by Crippen LogP contribution is -2.41. The summed E-state index contributed by atoms with van der Waals surface area (Å²) >= 11 is 0. The van der Waals surface area contributed by atoms with E-state index in [1.165, 1.54) is 6.07 Å². The number of nitrogens with zero attached hydrogens (tertiary/aromatic N) is 5. The number of rotatable bonds is 2. The summed E-state index contributed by atoms with van der Waals surface area (Å²) in [6.45, 7) is 19.9. The highest BCUT2D eigenvalue weighted by atomic mass is 32.2. The number of hydrogen-bond donors (Lipinski definition) is 2. The van der Waals surface area contributed by atoms with Crippen LogP contribution in [0.15, 0.2) is 59.6 Å². The Balaban J connectivity index is 1.37. The highest BCUT2D eigenvalue weighted by molar-refractivity contribution is 7.90. The van der Waals surface area contributed by atoms with Crippen LogP contribution in [0, 0.1) is 11.8 Å². The van der Waals surface area contributed by atoms with Gasteiger partial charge in [-0.2, -0.15) is 8.42 Å². The minimum Gasteiger partial charge on any atom is -0.444 e. The van der Waals surface area contributed by atoms with Gasteiger partial charge in [-0.3, -0.25) is 9.78 Å². The molecule has 0 spiro atoms. The number of nitrogens with one attached hydrogen (secondary N) is 2. The second-order valence-corrected chi connectivity index (χ2v) is 18.9. The van der Waals surface area contributed by atoms with Crippen LogP contribution in [0.2, 0.25) is 0 Å². The van der Waals surface area contributed by atoms with E-state index in [0.29, 0.717) is 44.1 Å². The van der Waals surface area contributed by atoms with Gasteiger partial charge in [0.25, 0.3) is 15.9 Å². The van der Waals surface area contributed by atoms with E-state index in [1.807, 2.05) is 45.0 Å². The number of pyridine rings is 3. The fourth-order valence-corrected chi connectivity index (χ4v) is 8.33. The first kappa shape index (κ1) is 38.2. The molecule has 13 heteroatoms. The van der Waals surface area contributed by atoms with E-state index in [9.17, 15) is 18.0 Å². The number of carbonyl (C=O) groups excluding carboxylic acids is 2. The van der Waals surface area contributed by atoms with Crippen molar-refractivity contribution in [1.29, 1.82) is 0 Å². The predicted octanol–water partition coefficient (Wildman–Crippen LogP) is 7.11. The van der Waals surface area contributed by atoms with Crippen molar-refractivity contribution in [1.82, 2.24) is 24.6 Å². The van der Waals surface area contributed by atoms with Crippen molar-refractivity contribution in [3.8, 4) is 0 Å². The van der Waals surface area contributed by atoms with E-state index in [0.717, 1.165) is 29.1 Å². The average Bonchev–Trinajstić information content (AvgIpc) is 3.41. The van der Waals surface area contributed by atoms with E-state index in [4.69, 9.17) is 14.7 Å². The topological polar surface area (TPSA) is 147 Å². The zero-order valence-corrected chi connectivity index (χ0v) is 33.2. The van der Waals surface area contributed by atoms with Crippen molar-refractivity contribution >= 4 is 39.2 Å². The molecule has 1 fully saturated rings. The SMILES string of the molecule is C[C@H]1C[C@H](c2cccc(C3=CCN(C(=O)OC(C)(C)C)CC3)n2)Nc2cccc(n2)S(=O)(=O)NC(=O)c2ccc(C(C)(C)C)nc2N2C[C@@H]1CC2(C)C. The van der Waals surface area contributed by atoms with Crippen molar-refractivity contribution in [2.75, 3.05) is 29.9 Å². The number of ether oxygens (including phenoxy) is 1. The minimum atomic E-state index is -4.34. The third-order valence-electron chi connectivity index (χ3n) is 10.3. The van der Waals surface area contributed by atoms with Gasteiger partial charge in [-0.05, 0) is 108 Å². The van der Waals surface area contributed by atoms with Gasteiger partial charge in [-0.15, -0.1) is 0 Å². The van der Waals surface area contributed by atoms with E-state index >= 15 is 0 Å². The average molecular weight is 744 g/mol. The molecule has 3 aliphatic heterocycles. The third-order valence-corrected chi connectivity index (χ3v) is 11.6. The zero-order valence-electron chi connectivity index (χ0n) is 32.4. The van der Waals surface area contributed by atoms with Gasteiger partial charge in [-0.1, -0.05) is 45.9 Å². The largest absolute Gasteiger partial charge is 0.444 e. The summed E-state index contributed by atoms with van der Waals surface area (Å²) in [7, 11) is -4.34. The Morgan fingerprint density at radius 2 is 1.72 bits per heavy atom. The van der Waals surface area contributed by atoms with Crippen LogP contribution in [0.1, 0.15) is 115 Å². The molecule has 4 bridgehead atoms. The lowest BCUT2D eigenvalue weighted by molar-refractivity contribution is 0.0270. The van der Waals surface area contributed by atoms with Gasteiger partial charge in [0.15, 0.2) is 5.03 Å². The summed E-state index contributed by atoms with van der Waals surface area (Å²) < 4.78 is 35.2. The van der Waals surface area contributed by atoms with Gasteiger partial charge in [0.1, 0.15) is 17.2 Å². The molecule has 6 heterocycles. The highest BCUT2D eigenvalue weighted by Gasteiger charge is 2.43. The Labute approximate surface area is 313 Å². The van der Waals surface area contributed by atoms with Gasteiger partial charge in [0, 0.05) is 36.3 Å². The molecule has 53 heavy (non-hydrogen) atoms. The second kappa shape index (κ2) is 14.0. The van der Waals surface area contributed by atoms with Crippen molar-refractivity contribution in [2.45, 2.75) is 109 Å². The van der Waals surface area contributed by atoms with Crippen LogP contribution in [0.25, 0.3) is 5.57 Å². The van der Waals surface area contributed by atoms with Crippen LogP contribution in [-0.4, -0.2) is 71.0 Å². The molecule has 3 aromatic heterocycles. The Hall–Kier alpha value is -4.52. The second-order valence-electron chi connectivity index (χ2n) is 17.3. The molecule has 0 aromatic carbocycles. The van der Waals surface area contributed by atoms with Crippen LogP contribution < -0.4 is 14.9 Å². The van der Waals surface area contributed by atoms with Crippen LogP contribution in [0.5, 0.6) is 0 Å². The Morgan fingerprint density at radius 1 is 0.981 bits per heavy atom. The Bertz CT molecular complexity index is 2030. The Kier molecular flexibility index (Phi) is 10.1. The van der Waals surface area contributed by atoms with Crippen molar-refractivity contribution < 1.29 is 22.7 Å². The molecule has 3 atom stereocenters. The molecule has 2 amide bonds. The van der Waals surface area contributed by atoms with E-state index in [2.05, 4.69) is 61.5 Å². The summed E-state index contributed by atoms with van der Waals surface area (Å²) in [6.07, 6.45) is 3.87. The molecular weight excluding hydrogens is 691 g/mol. The minimum absolute atomic E-state index is 0.193. The third kappa shape index (κ3) is 8.50. The maximum absolute atomic E-state index is 13.8. The molecule has 0 unspecified atom stereocenters. The van der Waals surface area contributed by atoms with Crippen LogP contribution >= 0.6 is 0 Å². The monoisotopic (exact) mass is 743 g/mol. The lowest BCUT2D eigenvalue weighted by Gasteiger charge is -2.34. The highest BCUT2D eigenvalue weighted by Crippen LogP contribution is 2.43. The summed E-state index contributed by atoms with van der Waals surface area (Å²) in [5.74, 6) is 0.520. The number of amides is 2. The lowest BCUT2D eigenvalue weighted by atomic mass is 9.83.